The second-order valence-electron chi connectivity index (χ2n) is 5.11. The SMILES string of the molecule is CC(=O)c1cnc(N2C[C@@H](C)N(C(=O)O)[C@@H](C)C2)cn1. The number of aromatic nitrogens is 2. The number of carbonyl (C=O) groups excluding carboxylic acids is 1. The normalized spacial score (nSPS) is 22.8. The Kier molecular flexibility index (Phi) is 3.87. The molecule has 0 bridgehead atoms. The summed E-state index contributed by atoms with van der Waals surface area (Å²) in [5, 5.41) is 9.18. The van der Waals surface area contributed by atoms with E-state index in [4.69, 9.17) is 0 Å². The van der Waals surface area contributed by atoms with Crippen molar-refractivity contribution >= 4 is 17.7 Å². The zero-order valence-electron chi connectivity index (χ0n) is 11.8. The summed E-state index contributed by atoms with van der Waals surface area (Å²) in [6.45, 7) is 6.30. The lowest BCUT2D eigenvalue weighted by Crippen LogP contribution is -2.58. The number of rotatable bonds is 2. The van der Waals surface area contributed by atoms with Crippen LogP contribution in [0.25, 0.3) is 0 Å². The Hall–Kier alpha value is -2.18. The van der Waals surface area contributed by atoms with E-state index in [1.54, 1.807) is 6.20 Å². The zero-order valence-corrected chi connectivity index (χ0v) is 11.8. The van der Waals surface area contributed by atoms with E-state index in [0.717, 1.165) is 0 Å². The molecule has 2 atom stereocenters. The molecule has 108 valence electrons. The van der Waals surface area contributed by atoms with Gasteiger partial charge < -0.3 is 10.0 Å². The van der Waals surface area contributed by atoms with Gasteiger partial charge in [0.15, 0.2) is 5.78 Å². The van der Waals surface area contributed by atoms with Crippen LogP contribution in [0.4, 0.5) is 10.6 Å². The molecule has 1 aliphatic rings. The first kappa shape index (κ1) is 14.2. The molecule has 1 aliphatic heterocycles. The van der Waals surface area contributed by atoms with Crippen molar-refractivity contribution in [2.75, 3.05) is 18.0 Å². The summed E-state index contributed by atoms with van der Waals surface area (Å²) in [6, 6.07) is -0.240. The minimum absolute atomic E-state index is 0.120. The Bertz CT molecular complexity index is 505. The van der Waals surface area contributed by atoms with Gasteiger partial charge in [-0.15, -0.1) is 0 Å². The molecule has 1 saturated heterocycles. The van der Waals surface area contributed by atoms with Crippen LogP contribution in [-0.4, -0.2) is 57.0 Å². The van der Waals surface area contributed by atoms with Crippen LogP contribution in [0.1, 0.15) is 31.3 Å². The van der Waals surface area contributed by atoms with Gasteiger partial charge in [-0.3, -0.25) is 9.69 Å². The van der Waals surface area contributed by atoms with E-state index in [1.165, 1.54) is 18.0 Å². The topological polar surface area (TPSA) is 86.6 Å². The van der Waals surface area contributed by atoms with Crippen molar-refractivity contribution in [2.45, 2.75) is 32.9 Å². The van der Waals surface area contributed by atoms with Gasteiger partial charge in [0.05, 0.1) is 24.5 Å². The van der Waals surface area contributed by atoms with Crippen LogP contribution in [0.5, 0.6) is 0 Å². The zero-order chi connectivity index (χ0) is 14.9. The molecule has 0 aromatic carbocycles. The molecule has 1 fully saturated rings. The number of amides is 1. The molecule has 1 amide bonds. The van der Waals surface area contributed by atoms with Crippen LogP contribution < -0.4 is 4.90 Å². The van der Waals surface area contributed by atoms with E-state index in [1.807, 2.05) is 18.7 Å². The third kappa shape index (κ3) is 2.71. The molecule has 0 spiro atoms. The molecular weight excluding hydrogens is 260 g/mol. The lowest BCUT2D eigenvalue weighted by molar-refractivity contribution is 0.0975. The quantitative estimate of drug-likeness (QED) is 0.819. The fourth-order valence-electron chi connectivity index (χ4n) is 2.55. The van der Waals surface area contributed by atoms with Crippen molar-refractivity contribution in [2.24, 2.45) is 0 Å². The second kappa shape index (κ2) is 5.44. The highest BCUT2D eigenvalue weighted by Crippen LogP contribution is 2.20. The first-order valence-corrected chi connectivity index (χ1v) is 6.49. The number of Topliss-reactive ketones (excluding diaryl/α,β-unsaturated/α-hetero) is 1. The molecule has 1 aromatic heterocycles. The van der Waals surface area contributed by atoms with Crippen LogP contribution in [-0.2, 0) is 0 Å². The number of hydrogen-bond acceptors (Lipinski definition) is 5. The number of nitrogens with zero attached hydrogens (tertiary/aromatic N) is 4. The summed E-state index contributed by atoms with van der Waals surface area (Å²) < 4.78 is 0. The summed E-state index contributed by atoms with van der Waals surface area (Å²) >= 11 is 0. The van der Waals surface area contributed by atoms with Crippen LogP contribution in [0.2, 0.25) is 0 Å². The Labute approximate surface area is 117 Å². The maximum absolute atomic E-state index is 11.2. The second-order valence-corrected chi connectivity index (χ2v) is 5.11. The molecule has 2 rings (SSSR count). The minimum Gasteiger partial charge on any atom is -0.465 e. The van der Waals surface area contributed by atoms with Crippen molar-refractivity contribution in [1.82, 2.24) is 14.9 Å². The Morgan fingerprint density at radius 3 is 2.20 bits per heavy atom. The first-order valence-electron chi connectivity index (χ1n) is 6.49. The van der Waals surface area contributed by atoms with Gasteiger partial charge in [0, 0.05) is 20.0 Å². The van der Waals surface area contributed by atoms with Crippen molar-refractivity contribution in [3.05, 3.63) is 18.1 Å². The minimum atomic E-state index is -0.900. The molecule has 20 heavy (non-hydrogen) atoms. The molecule has 1 aromatic rings. The lowest BCUT2D eigenvalue weighted by atomic mass is 10.1. The highest BCUT2D eigenvalue weighted by molar-refractivity contribution is 5.91. The van der Waals surface area contributed by atoms with Gasteiger partial charge in [-0.1, -0.05) is 0 Å². The monoisotopic (exact) mass is 278 g/mol. The van der Waals surface area contributed by atoms with Crippen molar-refractivity contribution < 1.29 is 14.7 Å². The third-order valence-electron chi connectivity index (χ3n) is 3.46. The maximum Gasteiger partial charge on any atom is 0.407 e. The molecule has 2 heterocycles. The number of carbonyl (C=O) groups is 2. The highest BCUT2D eigenvalue weighted by Gasteiger charge is 2.33. The molecular formula is C13H18N4O3. The number of carboxylic acid groups (broad SMARTS) is 1. The maximum atomic E-state index is 11.2. The van der Waals surface area contributed by atoms with Crippen molar-refractivity contribution in [3.63, 3.8) is 0 Å². The van der Waals surface area contributed by atoms with Gasteiger partial charge in [-0.25, -0.2) is 14.8 Å². The fourth-order valence-corrected chi connectivity index (χ4v) is 2.55. The van der Waals surface area contributed by atoms with Crippen LogP contribution in [0, 0.1) is 0 Å². The summed E-state index contributed by atoms with van der Waals surface area (Å²) in [5.41, 5.74) is 0.332. The summed E-state index contributed by atoms with van der Waals surface area (Å²) in [6.07, 6.45) is 2.12. The molecule has 0 unspecified atom stereocenters. The lowest BCUT2D eigenvalue weighted by Gasteiger charge is -2.43. The summed E-state index contributed by atoms with van der Waals surface area (Å²) in [4.78, 5) is 34.1. The predicted molar refractivity (Wildman–Crippen MR) is 73.0 cm³/mol. The van der Waals surface area contributed by atoms with Gasteiger partial charge in [-0.2, -0.15) is 0 Å². The fraction of sp³-hybridized carbons (Fsp3) is 0.538. The summed E-state index contributed by atoms with van der Waals surface area (Å²) in [7, 11) is 0. The Morgan fingerprint density at radius 2 is 1.80 bits per heavy atom. The Morgan fingerprint density at radius 1 is 1.20 bits per heavy atom. The predicted octanol–water partition coefficient (Wildman–Crippen LogP) is 1.26. The Balaban J connectivity index is 2.15. The molecule has 0 saturated carbocycles. The van der Waals surface area contributed by atoms with Gasteiger partial charge in [0.1, 0.15) is 11.5 Å². The van der Waals surface area contributed by atoms with E-state index in [0.29, 0.717) is 24.6 Å². The van der Waals surface area contributed by atoms with Crippen LogP contribution in [0.3, 0.4) is 0 Å². The molecule has 0 aliphatic carbocycles. The van der Waals surface area contributed by atoms with E-state index >= 15 is 0 Å². The molecule has 7 heteroatoms. The number of hydrogen-bond donors (Lipinski definition) is 1. The highest BCUT2D eigenvalue weighted by atomic mass is 16.4. The van der Waals surface area contributed by atoms with E-state index < -0.39 is 6.09 Å². The third-order valence-corrected chi connectivity index (χ3v) is 3.46. The van der Waals surface area contributed by atoms with Gasteiger partial charge >= 0.3 is 6.09 Å². The molecule has 0 radical (unpaired) electrons. The molecule has 1 N–H and O–H groups in total. The summed E-state index contributed by atoms with van der Waals surface area (Å²) in [5.74, 6) is 0.542. The van der Waals surface area contributed by atoms with E-state index in [2.05, 4.69) is 9.97 Å². The first-order chi connectivity index (χ1) is 9.40. The van der Waals surface area contributed by atoms with Crippen LogP contribution >= 0.6 is 0 Å². The van der Waals surface area contributed by atoms with Gasteiger partial charge in [0.2, 0.25) is 0 Å². The van der Waals surface area contributed by atoms with Crippen LogP contribution in [0.15, 0.2) is 12.4 Å². The number of piperazine rings is 1. The van der Waals surface area contributed by atoms with E-state index in [-0.39, 0.29) is 17.9 Å². The van der Waals surface area contributed by atoms with Gasteiger partial charge in [0.25, 0.3) is 0 Å². The van der Waals surface area contributed by atoms with E-state index in [9.17, 15) is 14.7 Å². The number of anilines is 1. The van der Waals surface area contributed by atoms with Crippen molar-refractivity contribution in [3.8, 4) is 0 Å². The average molecular weight is 278 g/mol. The standard InChI is InChI=1S/C13H18N4O3/c1-8-6-16(7-9(2)17(8)13(19)20)12-5-14-11(4-15-12)10(3)18/h4-5,8-9H,6-7H2,1-3H3,(H,19,20)/t8-,9+. The largest absolute Gasteiger partial charge is 0.465 e. The molecule has 7 nitrogen and oxygen atoms in total. The smallest absolute Gasteiger partial charge is 0.407 e. The van der Waals surface area contributed by atoms with Gasteiger partial charge in [-0.05, 0) is 13.8 Å². The number of ketones is 1. The average Bonchev–Trinajstić information content (AvgIpc) is 2.37. The van der Waals surface area contributed by atoms with Crippen molar-refractivity contribution in [1.29, 1.82) is 0 Å².